The maximum Gasteiger partial charge on any atom is 0.0967 e. The molecule has 1 rings (SSSR count). The molecule has 0 aliphatic heterocycles. The summed E-state index contributed by atoms with van der Waals surface area (Å²) in [5.74, 6) is 1.65. The van der Waals surface area contributed by atoms with Gasteiger partial charge in [0.15, 0.2) is 0 Å². The summed E-state index contributed by atoms with van der Waals surface area (Å²) in [4.78, 5) is 0. The van der Waals surface area contributed by atoms with Gasteiger partial charge in [0.2, 0.25) is 0 Å². The zero-order chi connectivity index (χ0) is 11.2. The molecule has 3 heteroatoms. The van der Waals surface area contributed by atoms with Crippen LogP contribution in [0, 0.1) is 11.8 Å². The van der Waals surface area contributed by atoms with Crippen LogP contribution in [-0.4, -0.2) is 16.0 Å². The zero-order valence-electron chi connectivity index (χ0n) is 9.39. The van der Waals surface area contributed by atoms with Crippen LogP contribution >= 0.6 is 23.2 Å². The molecule has 14 heavy (non-hydrogen) atoms. The van der Waals surface area contributed by atoms with Crippen LogP contribution in [0.4, 0.5) is 0 Å². The molecule has 0 aromatic carbocycles. The normalized spacial score (nSPS) is 32.4. The van der Waals surface area contributed by atoms with Gasteiger partial charge in [0, 0.05) is 0 Å². The van der Waals surface area contributed by atoms with Gasteiger partial charge in [-0.15, -0.1) is 23.2 Å². The van der Waals surface area contributed by atoms with Gasteiger partial charge >= 0.3 is 0 Å². The number of hydrogen-bond acceptors (Lipinski definition) is 1. The number of hydrogen-bond donors (Lipinski definition) is 1. The Morgan fingerprint density at radius 2 is 1.64 bits per heavy atom. The second kappa shape index (κ2) is 6.92. The van der Waals surface area contributed by atoms with Crippen molar-refractivity contribution >= 4 is 23.2 Å². The molecule has 0 aromatic heterocycles. The number of alkyl halides is 2. The Balaban J connectivity index is 0.000000500. The number of halogens is 2. The van der Waals surface area contributed by atoms with Crippen LogP contribution in [0.2, 0.25) is 0 Å². The van der Waals surface area contributed by atoms with Crippen molar-refractivity contribution in [1.82, 2.24) is 0 Å². The van der Waals surface area contributed by atoms with E-state index in [1.165, 1.54) is 12.8 Å². The molecule has 1 aliphatic rings. The second-order valence-corrected chi connectivity index (χ2v) is 5.49. The van der Waals surface area contributed by atoms with Crippen molar-refractivity contribution in [3.8, 4) is 0 Å². The summed E-state index contributed by atoms with van der Waals surface area (Å²) in [7, 11) is 0. The molecule has 86 valence electrons. The van der Waals surface area contributed by atoms with Crippen LogP contribution in [0.5, 0.6) is 0 Å². The van der Waals surface area contributed by atoms with E-state index in [4.69, 9.17) is 23.2 Å². The van der Waals surface area contributed by atoms with E-state index in [0.29, 0.717) is 0 Å². The molecule has 0 aromatic rings. The van der Waals surface area contributed by atoms with Crippen LogP contribution in [-0.2, 0) is 0 Å². The van der Waals surface area contributed by atoms with Gasteiger partial charge in [-0.25, -0.2) is 0 Å². The molecular formula is C11H22Cl2O. The highest BCUT2D eigenvalue weighted by Gasteiger charge is 2.29. The van der Waals surface area contributed by atoms with Crippen LogP contribution < -0.4 is 0 Å². The fourth-order valence-corrected chi connectivity index (χ4v) is 1.93. The predicted octanol–water partition coefficient (Wildman–Crippen LogP) is 4.01. The van der Waals surface area contributed by atoms with E-state index in [1.807, 2.05) is 6.92 Å². The summed E-state index contributed by atoms with van der Waals surface area (Å²) >= 11 is 9.53. The Bertz CT molecular complexity index is 136. The molecule has 1 nitrogen and oxygen atoms in total. The standard InChI is InChI=1S/C10H20O.CH2Cl2/c1-8(2)9-4-6-10(3,11)7-5-9;2-1-3/h8-9,11H,4-7H2,1-3H3;1H2. The van der Waals surface area contributed by atoms with Crippen molar-refractivity contribution in [3.05, 3.63) is 0 Å². The van der Waals surface area contributed by atoms with Crippen LogP contribution in [0.25, 0.3) is 0 Å². The zero-order valence-corrected chi connectivity index (χ0v) is 10.9. The maximum atomic E-state index is 9.67. The Labute approximate surface area is 97.8 Å². The number of rotatable bonds is 1. The highest BCUT2D eigenvalue weighted by molar-refractivity contribution is 6.40. The first kappa shape index (κ1) is 14.5. The van der Waals surface area contributed by atoms with Crippen molar-refractivity contribution in [2.75, 3.05) is 5.34 Å². The quantitative estimate of drug-likeness (QED) is 0.688. The molecule has 1 N–H and O–H groups in total. The van der Waals surface area contributed by atoms with Crippen molar-refractivity contribution in [1.29, 1.82) is 0 Å². The average Bonchev–Trinajstić information content (AvgIpc) is 2.04. The third kappa shape index (κ3) is 6.10. The summed E-state index contributed by atoms with van der Waals surface area (Å²) in [6, 6.07) is 0. The summed E-state index contributed by atoms with van der Waals surface area (Å²) in [5.41, 5.74) is -0.356. The molecule has 1 fully saturated rings. The minimum absolute atomic E-state index is 0.194. The summed E-state index contributed by atoms with van der Waals surface area (Å²) in [6.45, 7) is 6.53. The van der Waals surface area contributed by atoms with Crippen molar-refractivity contribution in [3.63, 3.8) is 0 Å². The minimum Gasteiger partial charge on any atom is -0.390 e. The SMILES string of the molecule is CC(C)C1CCC(C)(O)CC1.ClCCl. The lowest BCUT2D eigenvalue weighted by molar-refractivity contribution is 0.00161. The lowest BCUT2D eigenvalue weighted by Gasteiger charge is -2.34. The van der Waals surface area contributed by atoms with Gasteiger partial charge in [0.05, 0.1) is 10.9 Å². The molecule has 0 atom stereocenters. The van der Waals surface area contributed by atoms with Crippen molar-refractivity contribution < 1.29 is 5.11 Å². The predicted molar refractivity (Wildman–Crippen MR) is 64.0 cm³/mol. The monoisotopic (exact) mass is 240 g/mol. The Kier molecular flexibility index (Phi) is 7.19. The Hall–Kier alpha value is 0.540. The first-order valence-corrected chi connectivity index (χ1v) is 6.34. The lowest BCUT2D eigenvalue weighted by Crippen LogP contribution is -2.31. The fourth-order valence-electron chi connectivity index (χ4n) is 1.93. The van der Waals surface area contributed by atoms with Crippen LogP contribution in [0.3, 0.4) is 0 Å². The molecule has 0 amide bonds. The van der Waals surface area contributed by atoms with E-state index < -0.39 is 0 Å². The maximum absolute atomic E-state index is 9.67. The lowest BCUT2D eigenvalue weighted by atomic mass is 9.75. The van der Waals surface area contributed by atoms with E-state index in [9.17, 15) is 5.11 Å². The molecule has 1 aliphatic carbocycles. The largest absolute Gasteiger partial charge is 0.390 e. The van der Waals surface area contributed by atoms with Gasteiger partial charge < -0.3 is 5.11 Å². The van der Waals surface area contributed by atoms with Gasteiger partial charge in [0.25, 0.3) is 0 Å². The highest BCUT2D eigenvalue weighted by atomic mass is 35.5. The molecule has 1 saturated carbocycles. The van der Waals surface area contributed by atoms with Gasteiger partial charge in [-0.05, 0) is 44.4 Å². The van der Waals surface area contributed by atoms with Gasteiger partial charge in [-0.1, -0.05) is 13.8 Å². The van der Waals surface area contributed by atoms with Gasteiger partial charge in [-0.2, -0.15) is 0 Å². The minimum atomic E-state index is -0.356. The first-order chi connectivity index (χ1) is 6.43. The molecule has 0 radical (unpaired) electrons. The van der Waals surface area contributed by atoms with Gasteiger partial charge in [0.1, 0.15) is 0 Å². The smallest absolute Gasteiger partial charge is 0.0967 e. The Morgan fingerprint density at radius 1 is 1.29 bits per heavy atom. The summed E-state index contributed by atoms with van der Waals surface area (Å²) < 4.78 is 0. The third-order valence-corrected chi connectivity index (χ3v) is 3.05. The van der Waals surface area contributed by atoms with Crippen molar-refractivity contribution in [2.45, 2.75) is 52.1 Å². The van der Waals surface area contributed by atoms with E-state index in [-0.39, 0.29) is 10.9 Å². The molecule has 0 bridgehead atoms. The Morgan fingerprint density at radius 3 is 1.93 bits per heavy atom. The second-order valence-electron chi connectivity index (χ2n) is 4.68. The molecular weight excluding hydrogens is 219 g/mol. The van der Waals surface area contributed by atoms with E-state index >= 15 is 0 Å². The number of aliphatic hydroxyl groups is 1. The van der Waals surface area contributed by atoms with E-state index in [1.54, 1.807) is 0 Å². The first-order valence-electron chi connectivity index (χ1n) is 5.27. The molecule has 0 saturated heterocycles. The average molecular weight is 241 g/mol. The molecule has 0 unspecified atom stereocenters. The molecule has 0 spiro atoms. The summed E-state index contributed by atoms with van der Waals surface area (Å²) in [5, 5.41) is 9.87. The third-order valence-electron chi connectivity index (χ3n) is 3.05. The van der Waals surface area contributed by atoms with Crippen LogP contribution in [0.1, 0.15) is 46.5 Å². The topological polar surface area (TPSA) is 20.2 Å². The molecule has 0 heterocycles. The van der Waals surface area contributed by atoms with E-state index in [2.05, 4.69) is 13.8 Å². The van der Waals surface area contributed by atoms with E-state index in [0.717, 1.165) is 24.7 Å². The summed E-state index contributed by atoms with van der Waals surface area (Å²) in [6.07, 6.45) is 4.42. The van der Waals surface area contributed by atoms with Gasteiger partial charge in [-0.3, -0.25) is 0 Å². The fraction of sp³-hybridized carbons (Fsp3) is 1.00. The van der Waals surface area contributed by atoms with Crippen molar-refractivity contribution in [2.24, 2.45) is 11.8 Å². The van der Waals surface area contributed by atoms with Crippen LogP contribution in [0.15, 0.2) is 0 Å². The highest BCUT2D eigenvalue weighted by Crippen LogP contribution is 2.35.